The van der Waals surface area contributed by atoms with Gasteiger partial charge in [-0.25, -0.2) is 9.13 Å². The molecular weight excluding hydrogens is 264 g/mol. The van der Waals surface area contributed by atoms with Crippen molar-refractivity contribution in [1.29, 1.82) is 0 Å². The zero-order valence-corrected chi connectivity index (χ0v) is 11.6. The summed E-state index contributed by atoms with van der Waals surface area (Å²) in [5.41, 5.74) is 2.70. The van der Waals surface area contributed by atoms with E-state index in [4.69, 9.17) is 0 Å². The number of aromatic nitrogens is 2. The number of benzene rings is 1. The van der Waals surface area contributed by atoms with E-state index in [1.54, 1.807) is 0 Å². The first kappa shape index (κ1) is 13.2. The van der Waals surface area contributed by atoms with Gasteiger partial charge in [-0.1, -0.05) is 25.5 Å². The molecule has 0 spiro atoms. The summed E-state index contributed by atoms with van der Waals surface area (Å²) in [4.78, 5) is 0. The number of unbranched alkanes of at least 4 members (excludes halogenated alkanes) is 1. The van der Waals surface area contributed by atoms with Gasteiger partial charge < -0.3 is 17.0 Å². The molecule has 0 unspecified atom stereocenters. The molecular formula is C13H19BrN2. The van der Waals surface area contributed by atoms with Crippen LogP contribution in [0.2, 0.25) is 0 Å². The largest absolute Gasteiger partial charge is 1.00 e. The van der Waals surface area contributed by atoms with Crippen LogP contribution in [0.4, 0.5) is 0 Å². The molecule has 0 radical (unpaired) electrons. The molecule has 2 nitrogen and oxygen atoms in total. The molecule has 16 heavy (non-hydrogen) atoms. The zero-order chi connectivity index (χ0) is 10.7. The van der Waals surface area contributed by atoms with E-state index < -0.39 is 0 Å². The molecule has 0 aliphatic rings. The number of imidazole rings is 1. The molecule has 0 atom stereocenters. The second kappa shape index (κ2) is 6.04. The van der Waals surface area contributed by atoms with Crippen molar-refractivity contribution in [3.8, 4) is 0 Å². The minimum absolute atomic E-state index is 0. The van der Waals surface area contributed by atoms with Crippen LogP contribution in [0, 0.1) is 0 Å². The molecule has 0 fully saturated rings. The van der Waals surface area contributed by atoms with Crippen molar-refractivity contribution in [2.24, 2.45) is 0 Å². The summed E-state index contributed by atoms with van der Waals surface area (Å²) in [6, 6.07) is 8.63. The third-order valence-corrected chi connectivity index (χ3v) is 2.87. The van der Waals surface area contributed by atoms with Crippen molar-refractivity contribution < 1.29 is 21.5 Å². The van der Waals surface area contributed by atoms with Crippen LogP contribution < -0.4 is 21.5 Å². The lowest BCUT2D eigenvalue weighted by molar-refractivity contribution is -0.672. The van der Waals surface area contributed by atoms with Crippen molar-refractivity contribution >= 4 is 11.0 Å². The maximum Gasteiger partial charge on any atom is 0.244 e. The summed E-state index contributed by atoms with van der Waals surface area (Å²) >= 11 is 0. The normalized spacial score (nSPS) is 10.4. The van der Waals surface area contributed by atoms with Crippen LogP contribution in [0.5, 0.6) is 0 Å². The van der Waals surface area contributed by atoms with Gasteiger partial charge in [0.25, 0.3) is 0 Å². The Balaban J connectivity index is 0.00000128. The van der Waals surface area contributed by atoms with Gasteiger partial charge in [-0.3, -0.25) is 0 Å². The molecule has 1 heterocycles. The number of hydrogen-bond donors (Lipinski definition) is 0. The van der Waals surface area contributed by atoms with E-state index in [1.165, 1.54) is 23.9 Å². The summed E-state index contributed by atoms with van der Waals surface area (Å²) in [6.45, 7) is 6.60. The van der Waals surface area contributed by atoms with Crippen molar-refractivity contribution in [3.63, 3.8) is 0 Å². The summed E-state index contributed by atoms with van der Waals surface area (Å²) in [6.07, 6.45) is 4.74. The number of nitrogens with zero attached hydrogens (tertiary/aromatic N) is 2. The van der Waals surface area contributed by atoms with Crippen molar-refractivity contribution in [2.75, 3.05) is 0 Å². The van der Waals surface area contributed by atoms with Gasteiger partial charge in [-0.05, 0) is 25.5 Å². The van der Waals surface area contributed by atoms with Gasteiger partial charge in [0.05, 0.1) is 13.1 Å². The molecule has 1 aromatic heterocycles. The monoisotopic (exact) mass is 282 g/mol. The topological polar surface area (TPSA) is 8.81 Å². The number of halogens is 1. The third kappa shape index (κ3) is 2.46. The molecule has 0 aliphatic carbocycles. The fourth-order valence-corrected chi connectivity index (χ4v) is 2.00. The van der Waals surface area contributed by atoms with E-state index >= 15 is 0 Å². The Bertz CT molecular complexity index is 448. The maximum absolute atomic E-state index is 2.36. The van der Waals surface area contributed by atoms with Crippen LogP contribution in [-0.4, -0.2) is 4.57 Å². The van der Waals surface area contributed by atoms with Crippen molar-refractivity contribution in [3.05, 3.63) is 30.6 Å². The molecule has 0 bridgehead atoms. The van der Waals surface area contributed by atoms with E-state index in [9.17, 15) is 0 Å². The fourth-order valence-electron chi connectivity index (χ4n) is 2.00. The molecule has 2 rings (SSSR count). The van der Waals surface area contributed by atoms with Crippen molar-refractivity contribution in [2.45, 2.75) is 39.8 Å². The van der Waals surface area contributed by atoms with E-state index in [0.717, 1.165) is 13.1 Å². The average Bonchev–Trinajstić information content (AvgIpc) is 2.65. The summed E-state index contributed by atoms with van der Waals surface area (Å²) in [7, 11) is 0. The molecule has 0 saturated heterocycles. The van der Waals surface area contributed by atoms with Crippen LogP contribution in [0.15, 0.2) is 30.6 Å². The molecule has 1 aromatic carbocycles. The molecule has 3 heteroatoms. The number of rotatable bonds is 4. The number of para-hydroxylation sites is 2. The Morgan fingerprint density at radius 2 is 1.94 bits per heavy atom. The second-order valence-electron chi connectivity index (χ2n) is 3.94. The standard InChI is InChI=1S/C13H19N2.BrH/c1-3-5-10-15-11-14(4-2)12-8-6-7-9-13(12)15;/h6-9,11H,3-5,10H2,1-2H3;1H/q+1;/p-1. The van der Waals surface area contributed by atoms with Gasteiger partial charge >= 0.3 is 0 Å². The van der Waals surface area contributed by atoms with Gasteiger partial charge in [-0.15, -0.1) is 0 Å². The van der Waals surface area contributed by atoms with Gasteiger partial charge in [0.15, 0.2) is 11.0 Å². The Kier molecular flexibility index (Phi) is 5.00. The zero-order valence-electron chi connectivity index (χ0n) is 9.99. The summed E-state index contributed by atoms with van der Waals surface area (Å²) in [5.74, 6) is 0. The number of hydrogen-bond acceptors (Lipinski definition) is 0. The molecule has 0 amide bonds. The van der Waals surface area contributed by atoms with E-state index in [1.807, 2.05) is 0 Å². The molecule has 0 saturated carbocycles. The Hall–Kier alpha value is -0.830. The molecule has 0 aliphatic heterocycles. The quantitative estimate of drug-likeness (QED) is 0.685. The highest BCUT2D eigenvalue weighted by Crippen LogP contribution is 2.10. The highest BCUT2D eigenvalue weighted by atomic mass is 79.9. The smallest absolute Gasteiger partial charge is 0.244 e. The fraction of sp³-hybridized carbons (Fsp3) is 0.462. The van der Waals surface area contributed by atoms with Crippen LogP contribution in [0.25, 0.3) is 11.0 Å². The number of aryl methyl sites for hydroxylation is 2. The lowest BCUT2D eigenvalue weighted by Crippen LogP contribution is -3.00. The van der Waals surface area contributed by atoms with E-state index in [0.29, 0.717) is 0 Å². The lowest BCUT2D eigenvalue weighted by Gasteiger charge is -1.94. The molecule has 2 aromatic rings. The Labute approximate surface area is 108 Å². The highest BCUT2D eigenvalue weighted by molar-refractivity contribution is 5.71. The van der Waals surface area contributed by atoms with Gasteiger partial charge in [-0.2, -0.15) is 0 Å². The van der Waals surface area contributed by atoms with Crippen molar-refractivity contribution in [1.82, 2.24) is 4.57 Å². The first-order valence-electron chi connectivity index (χ1n) is 5.84. The van der Waals surface area contributed by atoms with E-state index in [2.05, 4.69) is 53.6 Å². The Morgan fingerprint density at radius 3 is 2.62 bits per heavy atom. The van der Waals surface area contributed by atoms with Gasteiger partial charge in [0.1, 0.15) is 0 Å². The predicted molar refractivity (Wildman–Crippen MR) is 62.7 cm³/mol. The van der Waals surface area contributed by atoms with Crippen LogP contribution in [0.3, 0.4) is 0 Å². The van der Waals surface area contributed by atoms with Crippen LogP contribution >= 0.6 is 0 Å². The summed E-state index contributed by atoms with van der Waals surface area (Å²) in [5, 5.41) is 0. The average molecular weight is 283 g/mol. The predicted octanol–water partition coefficient (Wildman–Crippen LogP) is -0.247. The summed E-state index contributed by atoms with van der Waals surface area (Å²) < 4.78 is 4.67. The van der Waals surface area contributed by atoms with Crippen LogP contribution in [-0.2, 0) is 13.1 Å². The highest BCUT2D eigenvalue weighted by Gasteiger charge is 2.12. The lowest BCUT2D eigenvalue weighted by atomic mass is 10.3. The second-order valence-corrected chi connectivity index (χ2v) is 3.94. The minimum atomic E-state index is 0. The SMILES string of the molecule is CCCC[n+]1cn(CC)c2ccccc21.[Br-]. The third-order valence-electron chi connectivity index (χ3n) is 2.87. The number of fused-ring (bicyclic) bond motifs is 1. The maximum atomic E-state index is 2.36. The van der Waals surface area contributed by atoms with E-state index in [-0.39, 0.29) is 17.0 Å². The Morgan fingerprint density at radius 1 is 1.19 bits per heavy atom. The minimum Gasteiger partial charge on any atom is -1.00 e. The first-order chi connectivity index (χ1) is 7.36. The first-order valence-corrected chi connectivity index (χ1v) is 5.84. The molecule has 88 valence electrons. The van der Waals surface area contributed by atoms with Gasteiger partial charge in [0.2, 0.25) is 6.33 Å². The molecule has 0 N–H and O–H groups in total. The van der Waals surface area contributed by atoms with Gasteiger partial charge in [0, 0.05) is 0 Å². The van der Waals surface area contributed by atoms with Crippen LogP contribution in [0.1, 0.15) is 26.7 Å².